The highest BCUT2D eigenvalue weighted by atomic mass is 32.2. The van der Waals surface area contributed by atoms with Gasteiger partial charge in [-0.2, -0.15) is 0 Å². The maximum Gasteiger partial charge on any atom is 0.350 e. The minimum absolute atomic E-state index is 0.0100. The SMILES string of the molecule is COc1cc(NC=C2C(=O)OC(C)(C)OC2=O)ccc1S(N)(=O)=O. The first-order valence-corrected chi connectivity index (χ1v) is 8.22. The predicted molar refractivity (Wildman–Crippen MR) is 82.3 cm³/mol. The van der Waals surface area contributed by atoms with E-state index in [9.17, 15) is 18.0 Å². The minimum Gasteiger partial charge on any atom is -0.495 e. The lowest BCUT2D eigenvalue weighted by Crippen LogP contribution is -2.42. The van der Waals surface area contributed by atoms with Gasteiger partial charge in [-0.1, -0.05) is 0 Å². The molecule has 1 heterocycles. The first kappa shape index (κ1) is 17.8. The van der Waals surface area contributed by atoms with E-state index < -0.39 is 27.7 Å². The van der Waals surface area contributed by atoms with Gasteiger partial charge in [-0.25, -0.2) is 23.1 Å². The Kier molecular flexibility index (Phi) is 4.54. The van der Waals surface area contributed by atoms with E-state index >= 15 is 0 Å². The fourth-order valence-corrected chi connectivity index (χ4v) is 2.61. The molecule has 0 atom stereocenters. The van der Waals surface area contributed by atoms with E-state index in [1.807, 2.05) is 0 Å². The standard InChI is InChI=1S/C14H16N2O7S/c1-14(2)22-12(17)9(13(18)23-14)7-16-8-4-5-11(24(15,19)20)10(6-8)21-3/h4-7,16H,1-3H3,(H2,15,19,20). The van der Waals surface area contributed by atoms with E-state index in [1.165, 1.54) is 39.2 Å². The zero-order valence-electron chi connectivity index (χ0n) is 13.2. The molecule has 1 saturated heterocycles. The number of hydrogen-bond donors (Lipinski definition) is 2. The van der Waals surface area contributed by atoms with Crippen LogP contribution in [0.15, 0.2) is 34.9 Å². The second-order valence-electron chi connectivity index (χ2n) is 5.29. The molecule has 24 heavy (non-hydrogen) atoms. The maximum atomic E-state index is 11.8. The summed E-state index contributed by atoms with van der Waals surface area (Å²) < 4.78 is 37.7. The number of carbonyl (C=O) groups excluding carboxylic acids is 2. The lowest BCUT2D eigenvalue weighted by molar-refractivity contribution is -0.222. The van der Waals surface area contributed by atoms with E-state index in [4.69, 9.17) is 19.3 Å². The number of hydrogen-bond acceptors (Lipinski definition) is 8. The molecule has 130 valence electrons. The van der Waals surface area contributed by atoms with Crippen LogP contribution in [0.4, 0.5) is 5.69 Å². The second kappa shape index (κ2) is 6.13. The monoisotopic (exact) mass is 356 g/mol. The van der Waals surface area contributed by atoms with Crippen LogP contribution in [-0.2, 0) is 29.1 Å². The fraction of sp³-hybridized carbons (Fsp3) is 0.286. The number of anilines is 1. The smallest absolute Gasteiger partial charge is 0.350 e. The molecule has 1 fully saturated rings. The number of esters is 2. The topological polar surface area (TPSA) is 134 Å². The van der Waals surface area contributed by atoms with Crippen LogP contribution in [0.3, 0.4) is 0 Å². The van der Waals surface area contributed by atoms with E-state index in [0.29, 0.717) is 5.69 Å². The van der Waals surface area contributed by atoms with Crippen LogP contribution in [0.5, 0.6) is 5.75 Å². The average molecular weight is 356 g/mol. The molecule has 9 nitrogen and oxygen atoms in total. The largest absolute Gasteiger partial charge is 0.495 e. The van der Waals surface area contributed by atoms with E-state index in [2.05, 4.69) is 5.32 Å². The van der Waals surface area contributed by atoms with Gasteiger partial charge in [0.05, 0.1) is 7.11 Å². The molecule has 1 aliphatic heterocycles. The molecule has 0 bridgehead atoms. The van der Waals surface area contributed by atoms with Crippen molar-refractivity contribution in [3.8, 4) is 5.75 Å². The number of primary sulfonamides is 1. The predicted octanol–water partition coefficient (Wildman–Crippen LogP) is 0.475. The minimum atomic E-state index is -3.94. The van der Waals surface area contributed by atoms with Crippen LogP contribution >= 0.6 is 0 Å². The summed E-state index contributed by atoms with van der Waals surface area (Å²) >= 11 is 0. The number of ether oxygens (including phenoxy) is 3. The molecule has 0 unspecified atom stereocenters. The van der Waals surface area contributed by atoms with Crippen molar-refractivity contribution in [2.24, 2.45) is 5.14 Å². The van der Waals surface area contributed by atoms with Gasteiger partial charge in [0, 0.05) is 31.8 Å². The van der Waals surface area contributed by atoms with E-state index in [-0.39, 0.29) is 16.2 Å². The molecule has 3 N–H and O–H groups in total. The van der Waals surface area contributed by atoms with E-state index in [0.717, 1.165) is 6.20 Å². The first-order chi connectivity index (χ1) is 11.0. The van der Waals surface area contributed by atoms with Crippen molar-refractivity contribution in [2.75, 3.05) is 12.4 Å². The summed E-state index contributed by atoms with van der Waals surface area (Å²) in [5.41, 5.74) is 0.0287. The number of nitrogens with one attached hydrogen (secondary N) is 1. The van der Waals surface area contributed by atoms with Crippen LogP contribution in [0.2, 0.25) is 0 Å². The van der Waals surface area contributed by atoms with Gasteiger partial charge in [0.15, 0.2) is 5.57 Å². The van der Waals surface area contributed by atoms with Crippen LogP contribution in [0.1, 0.15) is 13.8 Å². The molecule has 0 amide bonds. The molecule has 0 spiro atoms. The number of carbonyl (C=O) groups is 2. The Bertz CT molecular complexity index is 806. The normalized spacial score (nSPS) is 16.9. The van der Waals surface area contributed by atoms with Crippen molar-refractivity contribution in [1.82, 2.24) is 0 Å². The van der Waals surface area contributed by atoms with Crippen molar-refractivity contribution < 1.29 is 32.2 Å². The van der Waals surface area contributed by atoms with Gasteiger partial charge in [-0.3, -0.25) is 0 Å². The Morgan fingerprint density at radius 3 is 2.29 bits per heavy atom. The highest BCUT2D eigenvalue weighted by Gasteiger charge is 2.38. The summed E-state index contributed by atoms with van der Waals surface area (Å²) in [6.07, 6.45) is 1.10. The lowest BCUT2D eigenvalue weighted by atomic mass is 10.2. The Labute approximate surface area is 138 Å². The highest BCUT2D eigenvalue weighted by Crippen LogP contribution is 2.27. The molecule has 2 rings (SSSR count). The molecule has 1 aromatic rings. The number of cyclic esters (lactones) is 2. The third-order valence-electron chi connectivity index (χ3n) is 2.97. The highest BCUT2D eigenvalue weighted by molar-refractivity contribution is 7.89. The van der Waals surface area contributed by atoms with Gasteiger partial charge in [-0.05, 0) is 12.1 Å². The van der Waals surface area contributed by atoms with Gasteiger partial charge < -0.3 is 19.5 Å². The maximum absolute atomic E-state index is 11.8. The lowest BCUT2D eigenvalue weighted by Gasteiger charge is -2.29. The summed E-state index contributed by atoms with van der Waals surface area (Å²) in [6.45, 7) is 2.87. The molecule has 1 aliphatic rings. The molecule has 0 aromatic heterocycles. The number of rotatable bonds is 4. The summed E-state index contributed by atoms with van der Waals surface area (Å²) in [4.78, 5) is 23.4. The Balaban J connectivity index is 2.26. The average Bonchev–Trinajstić information content (AvgIpc) is 2.43. The van der Waals surface area contributed by atoms with Crippen LogP contribution in [-0.4, -0.2) is 33.3 Å². The number of nitrogens with two attached hydrogens (primary N) is 1. The van der Waals surface area contributed by atoms with Gasteiger partial charge in [0.2, 0.25) is 10.0 Å². The summed E-state index contributed by atoms with van der Waals surface area (Å²) in [5.74, 6) is -2.99. The number of sulfonamides is 1. The quantitative estimate of drug-likeness (QED) is 0.452. The molecule has 0 aliphatic carbocycles. The summed E-state index contributed by atoms with van der Waals surface area (Å²) in [6, 6.07) is 3.97. The molecule has 0 saturated carbocycles. The van der Waals surface area contributed by atoms with Crippen LogP contribution < -0.4 is 15.2 Å². The third-order valence-corrected chi connectivity index (χ3v) is 3.92. The summed E-state index contributed by atoms with van der Waals surface area (Å²) in [5, 5.41) is 7.75. The Morgan fingerprint density at radius 1 is 1.21 bits per heavy atom. The van der Waals surface area contributed by atoms with Crippen molar-refractivity contribution in [3.63, 3.8) is 0 Å². The van der Waals surface area contributed by atoms with Crippen molar-refractivity contribution in [2.45, 2.75) is 24.5 Å². The van der Waals surface area contributed by atoms with E-state index in [1.54, 1.807) is 0 Å². The zero-order valence-corrected chi connectivity index (χ0v) is 14.0. The molecule has 0 radical (unpaired) electrons. The Hall–Kier alpha value is -2.59. The fourth-order valence-electron chi connectivity index (χ4n) is 1.93. The third kappa shape index (κ3) is 3.84. The van der Waals surface area contributed by atoms with Gasteiger partial charge in [-0.15, -0.1) is 0 Å². The molecular formula is C14H16N2O7S. The van der Waals surface area contributed by atoms with Crippen molar-refractivity contribution >= 4 is 27.6 Å². The number of methoxy groups -OCH3 is 1. The zero-order chi connectivity index (χ0) is 18.1. The Morgan fingerprint density at radius 2 is 1.79 bits per heavy atom. The van der Waals surface area contributed by atoms with Crippen LogP contribution in [0, 0.1) is 0 Å². The second-order valence-corrected chi connectivity index (χ2v) is 6.82. The number of benzene rings is 1. The first-order valence-electron chi connectivity index (χ1n) is 6.68. The molecule has 10 heteroatoms. The molecule has 1 aromatic carbocycles. The van der Waals surface area contributed by atoms with Gasteiger partial charge >= 0.3 is 11.9 Å². The van der Waals surface area contributed by atoms with Crippen LogP contribution in [0.25, 0.3) is 0 Å². The van der Waals surface area contributed by atoms with Crippen molar-refractivity contribution in [1.29, 1.82) is 0 Å². The molecular weight excluding hydrogens is 340 g/mol. The van der Waals surface area contributed by atoms with Crippen molar-refractivity contribution in [3.05, 3.63) is 30.0 Å². The summed E-state index contributed by atoms with van der Waals surface area (Å²) in [7, 11) is -2.66. The van der Waals surface area contributed by atoms with Gasteiger partial charge in [0.25, 0.3) is 5.79 Å². The van der Waals surface area contributed by atoms with Gasteiger partial charge in [0.1, 0.15) is 10.6 Å².